The van der Waals surface area contributed by atoms with E-state index in [9.17, 15) is 5.11 Å². The van der Waals surface area contributed by atoms with Gasteiger partial charge in [0, 0.05) is 6.20 Å². The van der Waals surface area contributed by atoms with E-state index in [-0.39, 0.29) is 0 Å². The van der Waals surface area contributed by atoms with Crippen molar-refractivity contribution >= 4 is 11.6 Å². The van der Waals surface area contributed by atoms with Gasteiger partial charge in [0.15, 0.2) is 0 Å². The van der Waals surface area contributed by atoms with E-state index >= 15 is 0 Å². The van der Waals surface area contributed by atoms with Crippen LogP contribution in [0.2, 0.25) is 5.02 Å². The third-order valence-electron chi connectivity index (χ3n) is 2.77. The van der Waals surface area contributed by atoms with Gasteiger partial charge in [-0.2, -0.15) is 5.10 Å². The molecule has 1 N–H and O–H groups in total. The van der Waals surface area contributed by atoms with Crippen molar-refractivity contribution in [3.05, 3.63) is 46.7 Å². The molecule has 1 heterocycles. The molecule has 4 heteroatoms. The lowest BCUT2D eigenvalue weighted by Crippen LogP contribution is -1.98. The Morgan fingerprint density at radius 3 is 2.47 bits per heavy atom. The molecule has 0 aliphatic carbocycles. The quantitative estimate of drug-likeness (QED) is 0.908. The van der Waals surface area contributed by atoms with Crippen LogP contribution in [0.15, 0.2) is 30.5 Å². The van der Waals surface area contributed by atoms with Crippen LogP contribution in [0.4, 0.5) is 0 Å². The lowest BCUT2D eigenvalue weighted by atomic mass is 10.1. The topological polar surface area (TPSA) is 38.0 Å². The number of aromatic nitrogens is 2. The third-order valence-corrected chi connectivity index (χ3v) is 3.14. The number of hydrogen-bond donors (Lipinski definition) is 1. The molecule has 0 spiro atoms. The van der Waals surface area contributed by atoms with E-state index in [0.717, 1.165) is 16.9 Å². The van der Waals surface area contributed by atoms with Crippen LogP contribution in [0, 0.1) is 6.92 Å². The average molecular weight is 251 g/mol. The van der Waals surface area contributed by atoms with Crippen molar-refractivity contribution in [1.82, 2.24) is 9.78 Å². The van der Waals surface area contributed by atoms with Crippen molar-refractivity contribution in [3.8, 4) is 5.69 Å². The summed E-state index contributed by atoms with van der Waals surface area (Å²) in [7, 11) is 0. The van der Waals surface area contributed by atoms with E-state index < -0.39 is 6.10 Å². The van der Waals surface area contributed by atoms with Gasteiger partial charge in [-0.3, -0.25) is 0 Å². The van der Waals surface area contributed by atoms with Crippen LogP contribution in [-0.4, -0.2) is 14.9 Å². The van der Waals surface area contributed by atoms with Crippen LogP contribution in [0.3, 0.4) is 0 Å². The molecule has 0 aliphatic heterocycles. The second-order valence-electron chi connectivity index (χ2n) is 4.02. The second-order valence-corrected chi connectivity index (χ2v) is 4.43. The number of aliphatic hydroxyl groups excluding tert-OH is 1. The summed E-state index contributed by atoms with van der Waals surface area (Å²) < 4.78 is 1.74. The first kappa shape index (κ1) is 12.1. The van der Waals surface area contributed by atoms with Gasteiger partial charge in [0.1, 0.15) is 0 Å². The SMILES string of the molecule is CC[C@@H](O)c1ccc(-n2cc(Cl)c(C)n2)cc1. The highest BCUT2D eigenvalue weighted by molar-refractivity contribution is 6.31. The molecule has 1 aromatic heterocycles. The fourth-order valence-corrected chi connectivity index (χ4v) is 1.79. The standard InChI is InChI=1S/C13H15ClN2O/c1-3-13(17)10-4-6-11(7-5-10)16-8-12(14)9(2)15-16/h4-8,13,17H,3H2,1-2H3/t13-/m1/s1. The van der Waals surface area contributed by atoms with Crippen LogP contribution >= 0.6 is 11.6 Å². The number of aryl methyl sites for hydroxylation is 1. The fraction of sp³-hybridized carbons (Fsp3) is 0.308. The summed E-state index contributed by atoms with van der Waals surface area (Å²) in [6.45, 7) is 3.82. The number of hydrogen-bond acceptors (Lipinski definition) is 2. The first-order valence-corrected chi connectivity index (χ1v) is 5.99. The maximum Gasteiger partial charge on any atom is 0.0819 e. The Hall–Kier alpha value is -1.32. The van der Waals surface area contributed by atoms with E-state index in [2.05, 4.69) is 5.10 Å². The number of aliphatic hydroxyl groups is 1. The highest BCUT2D eigenvalue weighted by Crippen LogP contribution is 2.20. The normalized spacial score (nSPS) is 12.7. The van der Waals surface area contributed by atoms with Crippen LogP contribution in [0.25, 0.3) is 5.69 Å². The van der Waals surface area contributed by atoms with Gasteiger partial charge in [-0.25, -0.2) is 4.68 Å². The van der Waals surface area contributed by atoms with Gasteiger partial charge in [-0.05, 0) is 31.0 Å². The lowest BCUT2D eigenvalue weighted by Gasteiger charge is -2.08. The second kappa shape index (κ2) is 4.90. The van der Waals surface area contributed by atoms with Gasteiger partial charge in [0.2, 0.25) is 0 Å². The van der Waals surface area contributed by atoms with E-state index in [0.29, 0.717) is 11.4 Å². The maximum absolute atomic E-state index is 9.70. The molecular formula is C13H15ClN2O. The summed E-state index contributed by atoms with van der Waals surface area (Å²) in [4.78, 5) is 0. The molecule has 0 saturated carbocycles. The van der Waals surface area contributed by atoms with Crippen LogP contribution in [0.5, 0.6) is 0 Å². The monoisotopic (exact) mass is 250 g/mol. The zero-order valence-electron chi connectivity index (χ0n) is 9.89. The van der Waals surface area contributed by atoms with Crippen molar-refractivity contribution < 1.29 is 5.11 Å². The predicted molar refractivity (Wildman–Crippen MR) is 68.6 cm³/mol. The molecule has 0 aliphatic rings. The Kier molecular flexibility index (Phi) is 3.50. The zero-order valence-corrected chi connectivity index (χ0v) is 10.6. The molecule has 1 atom stereocenters. The minimum absolute atomic E-state index is 0.396. The van der Waals surface area contributed by atoms with Crippen molar-refractivity contribution in [2.75, 3.05) is 0 Å². The first-order chi connectivity index (χ1) is 8.11. The fourth-order valence-electron chi connectivity index (χ4n) is 1.66. The average Bonchev–Trinajstić information content (AvgIpc) is 2.69. The number of halogens is 1. The molecule has 17 heavy (non-hydrogen) atoms. The van der Waals surface area contributed by atoms with E-state index in [1.54, 1.807) is 10.9 Å². The van der Waals surface area contributed by atoms with Crippen LogP contribution < -0.4 is 0 Å². The highest BCUT2D eigenvalue weighted by Gasteiger charge is 2.06. The van der Waals surface area contributed by atoms with Gasteiger partial charge in [-0.1, -0.05) is 30.7 Å². The van der Waals surface area contributed by atoms with Crippen molar-refractivity contribution in [2.45, 2.75) is 26.4 Å². The number of nitrogens with zero attached hydrogens (tertiary/aromatic N) is 2. The van der Waals surface area contributed by atoms with Gasteiger partial charge >= 0.3 is 0 Å². The lowest BCUT2D eigenvalue weighted by molar-refractivity contribution is 0.173. The third kappa shape index (κ3) is 2.51. The van der Waals surface area contributed by atoms with Gasteiger partial charge in [0.25, 0.3) is 0 Å². The highest BCUT2D eigenvalue weighted by atomic mass is 35.5. The molecule has 0 unspecified atom stereocenters. The Morgan fingerprint density at radius 1 is 1.35 bits per heavy atom. The summed E-state index contributed by atoms with van der Waals surface area (Å²) in [5.41, 5.74) is 2.67. The summed E-state index contributed by atoms with van der Waals surface area (Å²) >= 11 is 5.96. The minimum atomic E-state index is -0.396. The molecule has 2 rings (SSSR count). The van der Waals surface area contributed by atoms with Gasteiger partial charge in [0.05, 0.1) is 22.5 Å². The van der Waals surface area contributed by atoms with Crippen molar-refractivity contribution in [2.24, 2.45) is 0 Å². The molecule has 0 radical (unpaired) electrons. The minimum Gasteiger partial charge on any atom is -0.388 e. The Bertz CT molecular complexity index is 485. The molecule has 0 amide bonds. The molecular weight excluding hydrogens is 236 g/mol. The van der Waals surface area contributed by atoms with E-state index in [4.69, 9.17) is 11.6 Å². The van der Waals surface area contributed by atoms with E-state index in [1.807, 2.05) is 38.1 Å². The van der Waals surface area contributed by atoms with Crippen molar-refractivity contribution in [1.29, 1.82) is 0 Å². The summed E-state index contributed by atoms with van der Waals surface area (Å²) in [5, 5.41) is 14.6. The van der Waals surface area contributed by atoms with Crippen molar-refractivity contribution in [3.63, 3.8) is 0 Å². The Morgan fingerprint density at radius 2 is 2.00 bits per heavy atom. The zero-order chi connectivity index (χ0) is 12.4. The number of rotatable bonds is 3. The Balaban J connectivity index is 2.29. The molecule has 2 aromatic rings. The summed E-state index contributed by atoms with van der Waals surface area (Å²) in [6.07, 6.45) is 2.10. The molecule has 0 bridgehead atoms. The van der Waals surface area contributed by atoms with E-state index in [1.165, 1.54) is 0 Å². The Labute approximate surface area is 106 Å². The summed E-state index contributed by atoms with van der Waals surface area (Å²) in [6, 6.07) is 7.68. The molecule has 1 aromatic carbocycles. The van der Waals surface area contributed by atoms with Crippen LogP contribution in [0.1, 0.15) is 30.7 Å². The molecule has 0 saturated heterocycles. The molecule has 0 fully saturated rings. The van der Waals surface area contributed by atoms with Gasteiger partial charge in [-0.15, -0.1) is 0 Å². The largest absolute Gasteiger partial charge is 0.388 e. The maximum atomic E-state index is 9.70. The molecule has 3 nitrogen and oxygen atoms in total. The molecule has 90 valence electrons. The number of benzene rings is 1. The van der Waals surface area contributed by atoms with Crippen LogP contribution in [-0.2, 0) is 0 Å². The van der Waals surface area contributed by atoms with Gasteiger partial charge < -0.3 is 5.11 Å². The summed E-state index contributed by atoms with van der Waals surface area (Å²) in [5.74, 6) is 0. The first-order valence-electron chi connectivity index (χ1n) is 5.62. The predicted octanol–water partition coefficient (Wildman–Crippen LogP) is 3.28. The smallest absolute Gasteiger partial charge is 0.0819 e.